The van der Waals surface area contributed by atoms with Crippen LogP contribution in [0, 0.1) is 10.1 Å². The van der Waals surface area contributed by atoms with Crippen molar-refractivity contribution in [3.63, 3.8) is 0 Å². The Morgan fingerprint density at radius 2 is 2.04 bits per heavy atom. The quantitative estimate of drug-likeness (QED) is 0.304. The summed E-state index contributed by atoms with van der Waals surface area (Å²) in [7, 11) is 1.56. The van der Waals surface area contributed by atoms with Gasteiger partial charge in [0.15, 0.2) is 11.5 Å². The number of anilines is 1. The molecule has 130 valence electrons. The molecule has 0 unspecified atom stereocenters. The van der Waals surface area contributed by atoms with Crippen molar-refractivity contribution in [1.82, 2.24) is 0 Å². The largest absolute Gasteiger partial charge is 0.493 e. The van der Waals surface area contributed by atoms with Gasteiger partial charge in [0.2, 0.25) is 0 Å². The van der Waals surface area contributed by atoms with E-state index in [9.17, 15) is 10.1 Å². The zero-order valence-electron chi connectivity index (χ0n) is 13.4. The lowest BCUT2D eigenvalue weighted by Crippen LogP contribution is -1.98. The molecule has 2 rings (SSSR count). The van der Waals surface area contributed by atoms with E-state index >= 15 is 0 Å². The molecule has 0 fully saturated rings. The molecule has 0 bridgehead atoms. The van der Waals surface area contributed by atoms with Crippen LogP contribution in [0.3, 0.4) is 0 Å². The van der Waals surface area contributed by atoms with Crippen molar-refractivity contribution in [2.75, 3.05) is 19.1 Å². The molecule has 0 amide bonds. The first-order valence-electron chi connectivity index (χ1n) is 7.20. The molecule has 25 heavy (non-hydrogen) atoms. The van der Waals surface area contributed by atoms with E-state index < -0.39 is 4.92 Å². The second-order valence-electron chi connectivity index (χ2n) is 4.80. The van der Waals surface area contributed by atoms with Crippen molar-refractivity contribution in [2.45, 2.75) is 0 Å². The number of methoxy groups -OCH3 is 1. The summed E-state index contributed by atoms with van der Waals surface area (Å²) in [5, 5.41) is 14.8. The van der Waals surface area contributed by atoms with Gasteiger partial charge in [-0.25, -0.2) is 0 Å². The molecule has 0 atom stereocenters. The van der Waals surface area contributed by atoms with Crippen LogP contribution in [0.2, 0.25) is 0 Å². The third-order valence-corrected chi connectivity index (χ3v) is 3.80. The molecule has 2 aromatic rings. The summed E-state index contributed by atoms with van der Waals surface area (Å²) in [6, 6.07) is 9.54. The van der Waals surface area contributed by atoms with Crippen LogP contribution in [0.15, 0.2) is 58.6 Å². The first-order valence-corrected chi connectivity index (χ1v) is 7.99. The molecule has 0 saturated carbocycles. The molecule has 2 aromatic carbocycles. The number of rotatable bonds is 8. The van der Waals surface area contributed by atoms with Crippen molar-refractivity contribution in [2.24, 2.45) is 5.10 Å². The highest BCUT2D eigenvalue weighted by Gasteiger charge is 2.09. The number of nitro groups is 1. The van der Waals surface area contributed by atoms with Crippen LogP contribution < -0.4 is 14.9 Å². The van der Waals surface area contributed by atoms with Crippen molar-refractivity contribution in [1.29, 1.82) is 0 Å². The van der Waals surface area contributed by atoms with Gasteiger partial charge in [0.1, 0.15) is 6.61 Å². The summed E-state index contributed by atoms with van der Waals surface area (Å²) in [4.78, 5) is 10.2. The van der Waals surface area contributed by atoms with Gasteiger partial charge in [-0.2, -0.15) is 5.10 Å². The van der Waals surface area contributed by atoms with Gasteiger partial charge < -0.3 is 9.47 Å². The maximum absolute atomic E-state index is 10.6. The third-order valence-electron chi connectivity index (χ3n) is 3.12. The van der Waals surface area contributed by atoms with Crippen molar-refractivity contribution in [3.05, 3.63) is 69.2 Å². The number of hydrogen-bond acceptors (Lipinski definition) is 6. The summed E-state index contributed by atoms with van der Waals surface area (Å²) in [6.45, 7) is 3.98. The number of nitrogens with zero attached hydrogens (tertiary/aromatic N) is 2. The maximum Gasteiger partial charge on any atom is 0.269 e. The molecule has 0 heterocycles. The van der Waals surface area contributed by atoms with E-state index in [-0.39, 0.29) is 5.69 Å². The van der Waals surface area contributed by atoms with Gasteiger partial charge in [-0.1, -0.05) is 12.7 Å². The lowest BCUT2D eigenvalue weighted by Gasteiger charge is -2.11. The Morgan fingerprint density at radius 3 is 2.64 bits per heavy atom. The predicted octanol–water partition coefficient (Wildman–Crippen LogP) is 4.38. The number of hydrazone groups is 1. The molecule has 0 radical (unpaired) electrons. The number of non-ortho nitro benzene ring substituents is 1. The molecule has 1 N–H and O–H groups in total. The van der Waals surface area contributed by atoms with Gasteiger partial charge in [-0.15, -0.1) is 0 Å². The fraction of sp³-hybridized carbons (Fsp3) is 0.118. The molecular weight excluding hydrogens is 390 g/mol. The lowest BCUT2D eigenvalue weighted by molar-refractivity contribution is -0.384. The lowest BCUT2D eigenvalue weighted by atomic mass is 10.2. The van der Waals surface area contributed by atoms with Gasteiger partial charge >= 0.3 is 0 Å². The molecule has 0 spiro atoms. The summed E-state index contributed by atoms with van der Waals surface area (Å²) in [5.74, 6) is 1.16. The van der Waals surface area contributed by atoms with E-state index in [4.69, 9.17) is 9.47 Å². The van der Waals surface area contributed by atoms with Crippen LogP contribution in [0.5, 0.6) is 11.5 Å². The zero-order chi connectivity index (χ0) is 18.2. The van der Waals surface area contributed by atoms with Gasteiger partial charge in [0, 0.05) is 22.2 Å². The van der Waals surface area contributed by atoms with Crippen LogP contribution in [0.4, 0.5) is 11.4 Å². The van der Waals surface area contributed by atoms with E-state index in [2.05, 4.69) is 33.0 Å². The van der Waals surface area contributed by atoms with Crippen LogP contribution in [-0.4, -0.2) is 24.9 Å². The zero-order valence-corrected chi connectivity index (χ0v) is 15.0. The number of nitro benzene ring substituents is 1. The molecule has 0 aromatic heterocycles. The number of nitrogens with one attached hydrogen (secondary N) is 1. The van der Waals surface area contributed by atoms with E-state index in [1.807, 2.05) is 0 Å². The molecule has 8 heteroatoms. The number of halogens is 1. The average Bonchev–Trinajstić information content (AvgIpc) is 2.61. The highest BCUT2D eigenvalue weighted by molar-refractivity contribution is 9.10. The minimum absolute atomic E-state index is 0.0251. The summed E-state index contributed by atoms with van der Waals surface area (Å²) < 4.78 is 11.6. The van der Waals surface area contributed by atoms with Gasteiger partial charge in [-0.05, 0) is 40.2 Å². The number of hydrogen-bond donors (Lipinski definition) is 1. The van der Waals surface area contributed by atoms with Gasteiger partial charge in [-0.3, -0.25) is 15.5 Å². The standard InChI is InChI=1S/C17H16BrN3O4/c1-3-8-25-17-10-15(18)12(9-16(17)24-2)11-19-20-13-4-6-14(7-5-13)21(22)23/h3-7,9-11,20H,1,8H2,2H3/b19-11+. The molecular formula is C17H16BrN3O4. The molecule has 0 aliphatic heterocycles. The summed E-state index contributed by atoms with van der Waals surface area (Å²) in [6.07, 6.45) is 3.25. The fourth-order valence-electron chi connectivity index (χ4n) is 1.90. The molecule has 7 nitrogen and oxygen atoms in total. The Labute approximate surface area is 153 Å². The Bertz CT molecular complexity index is 791. The second-order valence-corrected chi connectivity index (χ2v) is 5.65. The highest BCUT2D eigenvalue weighted by Crippen LogP contribution is 2.33. The number of ether oxygens (including phenoxy) is 2. The maximum atomic E-state index is 10.6. The minimum Gasteiger partial charge on any atom is -0.493 e. The molecule has 0 aliphatic carbocycles. The van der Waals surface area contributed by atoms with Crippen LogP contribution >= 0.6 is 15.9 Å². The Kier molecular flexibility index (Phi) is 6.53. The van der Waals surface area contributed by atoms with Gasteiger partial charge in [0.25, 0.3) is 5.69 Å². The van der Waals surface area contributed by atoms with Gasteiger partial charge in [0.05, 0.1) is 23.9 Å². The third kappa shape index (κ3) is 5.05. The minimum atomic E-state index is -0.452. The molecule has 0 saturated heterocycles. The smallest absolute Gasteiger partial charge is 0.269 e. The van der Waals surface area contributed by atoms with E-state index in [0.717, 1.165) is 10.0 Å². The topological polar surface area (TPSA) is 86.0 Å². The molecule has 0 aliphatic rings. The normalized spacial score (nSPS) is 10.5. The monoisotopic (exact) mass is 405 g/mol. The van der Waals surface area contributed by atoms with Crippen LogP contribution in [0.25, 0.3) is 0 Å². The van der Waals surface area contributed by atoms with E-state index in [1.165, 1.54) is 12.1 Å². The highest BCUT2D eigenvalue weighted by atomic mass is 79.9. The number of benzene rings is 2. The summed E-state index contributed by atoms with van der Waals surface area (Å²) >= 11 is 3.46. The van der Waals surface area contributed by atoms with Crippen molar-refractivity contribution >= 4 is 33.5 Å². The predicted molar refractivity (Wildman–Crippen MR) is 101 cm³/mol. The first kappa shape index (κ1) is 18.5. The first-order chi connectivity index (χ1) is 12.0. The van der Waals surface area contributed by atoms with Crippen LogP contribution in [0.1, 0.15) is 5.56 Å². The fourth-order valence-corrected chi connectivity index (χ4v) is 2.33. The Morgan fingerprint density at radius 1 is 1.32 bits per heavy atom. The van der Waals surface area contributed by atoms with Crippen LogP contribution in [-0.2, 0) is 0 Å². The average molecular weight is 406 g/mol. The van der Waals surface area contributed by atoms with Crippen molar-refractivity contribution in [3.8, 4) is 11.5 Å². The SMILES string of the molecule is C=CCOc1cc(Br)c(/C=N/Nc2ccc([N+](=O)[O-])cc2)cc1OC. The van der Waals surface area contributed by atoms with Crippen molar-refractivity contribution < 1.29 is 14.4 Å². The Hall–Kier alpha value is -2.87. The van der Waals surface area contributed by atoms with E-state index in [1.54, 1.807) is 43.7 Å². The Balaban J connectivity index is 2.11. The summed E-state index contributed by atoms with van der Waals surface area (Å²) in [5.41, 5.74) is 4.25. The van der Waals surface area contributed by atoms with E-state index in [0.29, 0.717) is 23.8 Å². The second kappa shape index (κ2) is 8.84.